The van der Waals surface area contributed by atoms with Gasteiger partial charge in [-0.1, -0.05) is 18.2 Å². The van der Waals surface area contributed by atoms with Crippen LogP contribution in [0.25, 0.3) is 10.1 Å². The van der Waals surface area contributed by atoms with Crippen LogP contribution in [0.4, 0.5) is 0 Å². The largest absolute Gasteiger partial charge is 0.466 e. The lowest BCUT2D eigenvalue weighted by molar-refractivity contribution is 0.184. The van der Waals surface area contributed by atoms with Crippen molar-refractivity contribution in [1.29, 1.82) is 0 Å². The number of furan rings is 1. The fraction of sp³-hybridized carbons (Fsp3) is 0.316. The summed E-state index contributed by atoms with van der Waals surface area (Å²) in [4.78, 5) is 5.15. The Labute approximate surface area is 174 Å². The summed E-state index contributed by atoms with van der Waals surface area (Å²) in [5.41, 5.74) is 1.10. The van der Waals surface area contributed by atoms with E-state index in [0.29, 0.717) is 19.0 Å². The first-order chi connectivity index (χ1) is 12.1. The van der Waals surface area contributed by atoms with Crippen molar-refractivity contribution in [2.75, 3.05) is 13.6 Å². The van der Waals surface area contributed by atoms with Crippen molar-refractivity contribution in [2.45, 2.75) is 26.5 Å². The molecule has 5 nitrogen and oxygen atoms in total. The maximum absolute atomic E-state index is 10.4. The third kappa shape index (κ3) is 4.99. The Balaban J connectivity index is 0.00000243. The van der Waals surface area contributed by atoms with Gasteiger partial charge in [-0.2, -0.15) is 0 Å². The second-order valence-corrected chi connectivity index (χ2v) is 7.06. The SMILES string of the molecule is CN=C(NCc1cc(C)oc1C)NCC(O)c1cc2ccccc2s1.I. The number of aliphatic hydroxyl groups excluding tert-OH is 1. The molecule has 3 aromatic rings. The Morgan fingerprint density at radius 1 is 1.23 bits per heavy atom. The summed E-state index contributed by atoms with van der Waals surface area (Å²) in [7, 11) is 1.72. The summed E-state index contributed by atoms with van der Waals surface area (Å²) in [6, 6.07) is 12.2. The van der Waals surface area contributed by atoms with Gasteiger partial charge in [0.05, 0.1) is 0 Å². The molecule has 0 saturated heterocycles. The minimum Gasteiger partial charge on any atom is -0.466 e. The Hall–Kier alpha value is -1.58. The number of aryl methyl sites for hydroxylation is 2. The third-order valence-electron chi connectivity index (χ3n) is 4.05. The number of nitrogens with one attached hydrogen (secondary N) is 2. The van der Waals surface area contributed by atoms with Gasteiger partial charge in [-0.3, -0.25) is 4.99 Å². The van der Waals surface area contributed by atoms with E-state index in [-0.39, 0.29) is 24.0 Å². The van der Waals surface area contributed by atoms with Crippen LogP contribution in [0.15, 0.2) is 45.8 Å². The van der Waals surface area contributed by atoms with E-state index in [2.05, 4.69) is 27.8 Å². The molecule has 0 radical (unpaired) electrons. The van der Waals surface area contributed by atoms with E-state index in [9.17, 15) is 5.11 Å². The number of rotatable bonds is 5. The molecule has 0 aliphatic carbocycles. The number of aliphatic hydroxyl groups is 1. The average molecular weight is 485 g/mol. The second-order valence-electron chi connectivity index (χ2n) is 5.95. The zero-order valence-corrected chi connectivity index (χ0v) is 18.2. The van der Waals surface area contributed by atoms with E-state index in [1.54, 1.807) is 18.4 Å². The van der Waals surface area contributed by atoms with Gasteiger partial charge in [-0.25, -0.2) is 0 Å². The van der Waals surface area contributed by atoms with Crippen LogP contribution in [0.2, 0.25) is 0 Å². The monoisotopic (exact) mass is 485 g/mol. The van der Waals surface area contributed by atoms with Crippen LogP contribution in [0, 0.1) is 13.8 Å². The van der Waals surface area contributed by atoms with Crippen LogP contribution in [-0.2, 0) is 6.54 Å². The quantitative estimate of drug-likeness (QED) is 0.289. The average Bonchev–Trinajstić information content (AvgIpc) is 3.17. The van der Waals surface area contributed by atoms with Crippen molar-refractivity contribution < 1.29 is 9.52 Å². The Morgan fingerprint density at radius 3 is 2.65 bits per heavy atom. The minimum atomic E-state index is -0.575. The first-order valence-electron chi connectivity index (χ1n) is 8.24. The maximum atomic E-state index is 10.4. The third-order valence-corrected chi connectivity index (χ3v) is 5.27. The molecular formula is C19H24IN3O2S. The van der Waals surface area contributed by atoms with Crippen molar-refractivity contribution in [1.82, 2.24) is 10.6 Å². The minimum absolute atomic E-state index is 0. The molecule has 0 saturated carbocycles. The van der Waals surface area contributed by atoms with Gasteiger partial charge in [0.1, 0.15) is 17.6 Å². The van der Waals surface area contributed by atoms with Gasteiger partial charge >= 0.3 is 0 Å². The maximum Gasteiger partial charge on any atom is 0.191 e. The molecule has 0 spiro atoms. The van der Waals surface area contributed by atoms with Gasteiger partial charge in [0.25, 0.3) is 0 Å². The number of nitrogens with zero attached hydrogens (tertiary/aromatic N) is 1. The van der Waals surface area contributed by atoms with Gasteiger partial charge in [-0.05, 0) is 37.4 Å². The number of aliphatic imine (C=N–C) groups is 1. The molecule has 0 fully saturated rings. The molecule has 0 bridgehead atoms. The predicted octanol–water partition coefficient (Wildman–Crippen LogP) is 4.13. The van der Waals surface area contributed by atoms with Gasteiger partial charge in [0, 0.05) is 35.3 Å². The predicted molar refractivity (Wildman–Crippen MR) is 119 cm³/mol. The van der Waals surface area contributed by atoms with Gasteiger partial charge < -0.3 is 20.2 Å². The normalized spacial score (nSPS) is 12.7. The molecule has 1 atom stereocenters. The lowest BCUT2D eigenvalue weighted by Crippen LogP contribution is -2.38. The second kappa shape index (κ2) is 9.38. The fourth-order valence-corrected chi connectivity index (χ4v) is 3.77. The molecular weight excluding hydrogens is 461 g/mol. The van der Waals surface area contributed by atoms with Crippen LogP contribution >= 0.6 is 35.3 Å². The van der Waals surface area contributed by atoms with Crippen LogP contribution in [0.1, 0.15) is 28.1 Å². The zero-order valence-electron chi connectivity index (χ0n) is 15.1. The van der Waals surface area contributed by atoms with Gasteiger partial charge in [0.15, 0.2) is 5.96 Å². The zero-order chi connectivity index (χ0) is 17.8. The molecule has 2 aromatic heterocycles. The van der Waals surface area contributed by atoms with E-state index in [4.69, 9.17) is 4.42 Å². The molecule has 1 aromatic carbocycles. The van der Waals surface area contributed by atoms with E-state index in [1.807, 2.05) is 38.1 Å². The van der Waals surface area contributed by atoms with Crippen LogP contribution in [0.5, 0.6) is 0 Å². The summed E-state index contributed by atoms with van der Waals surface area (Å²) >= 11 is 1.62. The number of guanidine groups is 1. The highest BCUT2D eigenvalue weighted by Crippen LogP contribution is 2.29. The number of hydrogen-bond donors (Lipinski definition) is 3. The van der Waals surface area contributed by atoms with Crippen LogP contribution in [-0.4, -0.2) is 24.7 Å². The molecule has 2 heterocycles. The molecule has 140 valence electrons. The van der Waals surface area contributed by atoms with E-state index < -0.39 is 6.10 Å². The summed E-state index contributed by atoms with van der Waals surface area (Å²) in [6.07, 6.45) is -0.575. The molecule has 1 unspecified atom stereocenters. The summed E-state index contributed by atoms with van der Waals surface area (Å²) in [5, 5.41) is 18.0. The molecule has 3 N–H and O–H groups in total. The first kappa shape index (κ1) is 20.7. The van der Waals surface area contributed by atoms with Crippen molar-refractivity contribution >= 4 is 51.4 Å². The molecule has 0 aliphatic rings. The van der Waals surface area contributed by atoms with Gasteiger partial charge in [0.2, 0.25) is 0 Å². The standard InChI is InChI=1S/C19H23N3O2S.HI/c1-12-8-15(13(2)24-12)10-21-19(20-3)22-11-16(23)18-9-14-6-4-5-7-17(14)25-18;/h4-9,16,23H,10-11H2,1-3H3,(H2,20,21,22);1H. The van der Waals surface area contributed by atoms with E-state index in [1.165, 1.54) is 4.70 Å². The van der Waals surface area contributed by atoms with Crippen molar-refractivity contribution in [2.24, 2.45) is 4.99 Å². The fourth-order valence-electron chi connectivity index (χ4n) is 2.72. The smallest absolute Gasteiger partial charge is 0.191 e. The Kier molecular flexibility index (Phi) is 7.48. The van der Waals surface area contributed by atoms with Crippen molar-refractivity contribution in [3.63, 3.8) is 0 Å². The molecule has 26 heavy (non-hydrogen) atoms. The van der Waals surface area contributed by atoms with Crippen LogP contribution < -0.4 is 10.6 Å². The van der Waals surface area contributed by atoms with Crippen LogP contribution in [0.3, 0.4) is 0 Å². The number of benzene rings is 1. The van der Waals surface area contributed by atoms with Crippen molar-refractivity contribution in [3.8, 4) is 0 Å². The van der Waals surface area contributed by atoms with E-state index in [0.717, 1.165) is 27.3 Å². The topological polar surface area (TPSA) is 69.8 Å². The summed E-state index contributed by atoms with van der Waals surface area (Å²) in [5.74, 6) is 2.46. The lowest BCUT2D eigenvalue weighted by atomic mass is 10.2. The highest BCUT2D eigenvalue weighted by molar-refractivity contribution is 14.0. The highest BCUT2D eigenvalue weighted by Gasteiger charge is 2.12. The Bertz CT molecular complexity index is 855. The number of thiophene rings is 1. The van der Waals surface area contributed by atoms with Gasteiger partial charge in [-0.15, -0.1) is 35.3 Å². The number of fused-ring (bicyclic) bond motifs is 1. The molecule has 0 aliphatic heterocycles. The molecule has 7 heteroatoms. The lowest BCUT2D eigenvalue weighted by Gasteiger charge is -2.14. The molecule has 3 rings (SSSR count). The first-order valence-corrected chi connectivity index (χ1v) is 9.05. The summed E-state index contributed by atoms with van der Waals surface area (Å²) < 4.78 is 6.71. The van der Waals surface area contributed by atoms with Crippen molar-refractivity contribution in [3.05, 3.63) is 58.4 Å². The Morgan fingerprint density at radius 2 is 2.00 bits per heavy atom. The number of hydrogen-bond acceptors (Lipinski definition) is 4. The number of halogens is 1. The highest BCUT2D eigenvalue weighted by atomic mass is 127. The van der Waals surface area contributed by atoms with E-state index >= 15 is 0 Å². The molecule has 0 amide bonds. The summed E-state index contributed by atoms with van der Waals surface area (Å²) in [6.45, 7) is 4.91.